The number of rotatable bonds is 6. The van der Waals surface area contributed by atoms with E-state index in [-0.39, 0.29) is 17.9 Å². The minimum Gasteiger partial charge on any atom is -0.342 e. The van der Waals surface area contributed by atoms with Crippen LogP contribution in [0.5, 0.6) is 0 Å². The molecule has 2 amide bonds. The van der Waals surface area contributed by atoms with E-state index in [1.165, 1.54) is 11.8 Å². The Morgan fingerprint density at radius 2 is 1.79 bits per heavy atom. The van der Waals surface area contributed by atoms with Crippen LogP contribution in [0.15, 0.2) is 35.5 Å². The van der Waals surface area contributed by atoms with Gasteiger partial charge in [-0.3, -0.25) is 9.59 Å². The molecule has 1 saturated heterocycles. The maximum Gasteiger partial charge on any atom is 0.251 e. The Balaban J connectivity index is 1.55. The highest BCUT2D eigenvalue weighted by Gasteiger charge is 2.22. The number of carbonyl (C=O) groups excluding carboxylic acids is 2. The summed E-state index contributed by atoms with van der Waals surface area (Å²) >= 11 is 1.37. The van der Waals surface area contributed by atoms with Gasteiger partial charge in [-0.15, -0.1) is 10.2 Å². The van der Waals surface area contributed by atoms with Crippen LogP contribution in [-0.2, 0) is 11.8 Å². The fourth-order valence-corrected chi connectivity index (χ4v) is 3.86. The zero-order valence-electron chi connectivity index (χ0n) is 16.5. The van der Waals surface area contributed by atoms with E-state index in [9.17, 15) is 9.59 Å². The van der Waals surface area contributed by atoms with Gasteiger partial charge in [0.1, 0.15) is 0 Å². The first-order chi connectivity index (χ1) is 13.5. The Morgan fingerprint density at radius 1 is 1.11 bits per heavy atom. The molecule has 8 nitrogen and oxygen atoms in total. The van der Waals surface area contributed by atoms with Crippen molar-refractivity contribution in [3.8, 4) is 0 Å². The molecule has 1 atom stereocenters. The number of carbonyl (C=O) groups is 2. The van der Waals surface area contributed by atoms with E-state index >= 15 is 0 Å². The summed E-state index contributed by atoms with van der Waals surface area (Å²) in [5.41, 5.74) is 0.601. The number of likely N-dealkylation sites (N-methyl/N-ethyl adjacent to an activating group) is 1. The van der Waals surface area contributed by atoms with E-state index in [1.54, 1.807) is 12.1 Å². The van der Waals surface area contributed by atoms with Crippen LogP contribution in [0.3, 0.4) is 0 Å². The molecule has 0 unspecified atom stereocenters. The van der Waals surface area contributed by atoms with E-state index in [1.807, 2.05) is 41.6 Å². The van der Waals surface area contributed by atoms with E-state index in [0.29, 0.717) is 22.3 Å². The third-order valence-corrected chi connectivity index (χ3v) is 5.83. The molecular weight excluding hydrogens is 376 g/mol. The molecule has 0 aliphatic carbocycles. The molecule has 9 heteroatoms. The first-order valence-corrected chi connectivity index (χ1v) is 10.3. The van der Waals surface area contributed by atoms with Crippen LogP contribution >= 0.6 is 11.8 Å². The molecule has 1 aliphatic heterocycles. The van der Waals surface area contributed by atoms with Gasteiger partial charge in [-0.1, -0.05) is 30.0 Å². The summed E-state index contributed by atoms with van der Waals surface area (Å²) in [4.78, 5) is 28.9. The molecule has 1 aromatic heterocycles. The van der Waals surface area contributed by atoms with Gasteiger partial charge in [0, 0.05) is 38.8 Å². The summed E-state index contributed by atoms with van der Waals surface area (Å²) < 4.78 is 1.83. The number of nitrogens with one attached hydrogen (secondary N) is 1. The Bertz CT molecular complexity index is 817. The van der Waals surface area contributed by atoms with Gasteiger partial charge < -0.3 is 19.7 Å². The second-order valence-electron chi connectivity index (χ2n) is 6.93. The van der Waals surface area contributed by atoms with E-state index in [4.69, 9.17) is 0 Å². The van der Waals surface area contributed by atoms with Crippen LogP contribution in [0.2, 0.25) is 0 Å². The number of piperazine rings is 1. The molecule has 3 rings (SSSR count). The van der Waals surface area contributed by atoms with Crippen molar-refractivity contribution in [2.45, 2.75) is 18.1 Å². The lowest BCUT2D eigenvalue weighted by molar-refractivity contribution is -0.129. The highest BCUT2D eigenvalue weighted by Crippen LogP contribution is 2.20. The molecule has 1 aromatic carbocycles. The third kappa shape index (κ3) is 4.90. The van der Waals surface area contributed by atoms with Crippen molar-refractivity contribution in [3.63, 3.8) is 0 Å². The van der Waals surface area contributed by atoms with Crippen molar-refractivity contribution < 1.29 is 9.59 Å². The standard InChI is InChI=1S/C19H26N6O2S/c1-14(20-18(27)15-7-5-4-6-8-15)17-21-22-19(24(17)3)28-13-16(26)25-11-9-23(2)10-12-25/h4-8,14H,9-13H2,1-3H3,(H,20,27)/t14-/m0/s1. The zero-order valence-corrected chi connectivity index (χ0v) is 17.3. The van der Waals surface area contributed by atoms with Crippen molar-refractivity contribution in [3.05, 3.63) is 41.7 Å². The van der Waals surface area contributed by atoms with Crippen molar-refractivity contribution in [1.82, 2.24) is 29.9 Å². The summed E-state index contributed by atoms with van der Waals surface area (Å²) in [6.07, 6.45) is 0. The summed E-state index contributed by atoms with van der Waals surface area (Å²) in [7, 11) is 3.92. The third-order valence-electron chi connectivity index (χ3n) is 4.82. The van der Waals surface area contributed by atoms with Crippen LogP contribution in [0.25, 0.3) is 0 Å². The van der Waals surface area contributed by atoms with Crippen molar-refractivity contribution >= 4 is 23.6 Å². The van der Waals surface area contributed by atoms with Crippen LogP contribution in [0, 0.1) is 0 Å². The number of benzene rings is 1. The molecule has 0 spiro atoms. The van der Waals surface area contributed by atoms with Gasteiger partial charge in [0.2, 0.25) is 5.91 Å². The van der Waals surface area contributed by atoms with Crippen LogP contribution in [-0.4, -0.2) is 75.4 Å². The number of hydrogen-bond acceptors (Lipinski definition) is 6. The molecule has 1 aliphatic rings. The Hall–Kier alpha value is -2.39. The maximum atomic E-state index is 12.4. The number of thioether (sulfide) groups is 1. The molecule has 0 bridgehead atoms. The SMILES string of the molecule is C[C@H](NC(=O)c1ccccc1)c1nnc(SCC(=O)N2CCN(C)CC2)n1C. The lowest BCUT2D eigenvalue weighted by atomic mass is 10.2. The Labute approximate surface area is 169 Å². The van der Waals surface area contributed by atoms with Crippen molar-refractivity contribution in [2.75, 3.05) is 39.0 Å². The average Bonchev–Trinajstić information content (AvgIpc) is 3.08. The number of hydrogen-bond donors (Lipinski definition) is 1. The highest BCUT2D eigenvalue weighted by molar-refractivity contribution is 7.99. The zero-order chi connectivity index (χ0) is 20.1. The van der Waals surface area contributed by atoms with Gasteiger partial charge >= 0.3 is 0 Å². The number of amides is 2. The van der Waals surface area contributed by atoms with Crippen molar-refractivity contribution in [1.29, 1.82) is 0 Å². The molecule has 28 heavy (non-hydrogen) atoms. The van der Waals surface area contributed by atoms with Crippen LogP contribution < -0.4 is 5.32 Å². The molecule has 2 heterocycles. The molecule has 1 N–H and O–H groups in total. The first-order valence-electron chi connectivity index (χ1n) is 9.30. The number of nitrogens with zero attached hydrogens (tertiary/aromatic N) is 5. The van der Waals surface area contributed by atoms with Gasteiger partial charge in [0.25, 0.3) is 5.91 Å². The second kappa shape index (κ2) is 9.20. The lowest BCUT2D eigenvalue weighted by Crippen LogP contribution is -2.47. The fraction of sp³-hybridized carbons (Fsp3) is 0.474. The van der Waals surface area contributed by atoms with E-state index < -0.39 is 0 Å². The molecular formula is C19H26N6O2S. The predicted molar refractivity (Wildman–Crippen MR) is 108 cm³/mol. The summed E-state index contributed by atoms with van der Waals surface area (Å²) in [5, 5.41) is 12.0. The summed E-state index contributed by atoms with van der Waals surface area (Å²) in [5.74, 6) is 0.947. The Kier molecular flexibility index (Phi) is 6.69. The van der Waals surface area contributed by atoms with Gasteiger partial charge in [0.15, 0.2) is 11.0 Å². The van der Waals surface area contributed by atoms with Gasteiger partial charge in [-0.05, 0) is 26.1 Å². The fourth-order valence-electron chi connectivity index (χ4n) is 3.04. The van der Waals surface area contributed by atoms with E-state index in [2.05, 4.69) is 27.5 Å². The minimum atomic E-state index is -0.298. The monoisotopic (exact) mass is 402 g/mol. The van der Waals surface area contributed by atoms with E-state index in [0.717, 1.165) is 26.2 Å². The summed E-state index contributed by atoms with van der Waals surface area (Å²) in [6, 6.07) is 8.76. The lowest BCUT2D eigenvalue weighted by Gasteiger charge is -2.32. The minimum absolute atomic E-state index is 0.119. The van der Waals surface area contributed by atoms with Crippen LogP contribution in [0.4, 0.5) is 0 Å². The Morgan fingerprint density at radius 3 is 2.46 bits per heavy atom. The average molecular weight is 403 g/mol. The number of aromatic nitrogens is 3. The summed E-state index contributed by atoms with van der Waals surface area (Å²) in [6.45, 7) is 5.21. The van der Waals surface area contributed by atoms with Crippen molar-refractivity contribution in [2.24, 2.45) is 7.05 Å². The molecule has 0 radical (unpaired) electrons. The first kappa shape index (κ1) is 20.3. The largest absolute Gasteiger partial charge is 0.342 e. The van der Waals surface area contributed by atoms with Crippen LogP contribution in [0.1, 0.15) is 29.1 Å². The highest BCUT2D eigenvalue weighted by atomic mass is 32.2. The molecule has 2 aromatic rings. The molecule has 1 fully saturated rings. The van der Waals surface area contributed by atoms with Gasteiger partial charge in [-0.25, -0.2) is 0 Å². The molecule has 150 valence electrons. The topological polar surface area (TPSA) is 83.4 Å². The maximum absolute atomic E-state index is 12.4. The smallest absolute Gasteiger partial charge is 0.251 e. The predicted octanol–water partition coefficient (Wildman–Crippen LogP) is 1.17. The second-order valence-corrected chi connectivity index (χ2v) is 7.88. The molecule has 0 saturated carbocycles. The quantitative estimate of drug-likeness (QED) is 0.731. The van der Waals surface area contributed by atoms with Gasteiger partial charge in [-0.2, -0.15) is 0 Å². The normalized spacial score (nSPS) is 16.0. The van der Waals surface area contributed by atoms with Gasteiger partial charge in [0.05, 0.1) is 11.8 Å².